The topological polar surface area (TPSA) is 35.6 Å². The summed E-state index contributed by atoms with van der Waals surface area (Å²) in [6.07, 6.45) is 0. The number of piperazine rings is 1. The summed E-state index contributed by atoms with van der Waals surface area (Å²) < 4.78 is 0. The molecule has 4 nitrogen and oxygen atoms in total. The van der Waals surface area contributed by atoms with Crippen LogP contribution in [0.4, 0.5) is 0 Å². The lowest BCUT2D eigenvalue weighted by atomic mass is 10.3. The highest BCUT2D eigenvalue weighted by Crippen LogP contribution is 1.96. The summed E-state index contributed by atoms with van der Waals surface area (Å²) in [6, 6.07) is 0. The Morgan fingerprint density at radius 1 is 1.31 bits per heavy atom. The van der Waals surface area contributed by atoms with Crippen molar-refractivity contribution in [1.82, 2.24) is 15.3 Å². The maximum Gasteiger partial charge on any atom is 0.260 e. The smallest absolute Gasteiger partial charge is 0.260 e. The van der Waals surface area contributed by atoms with Gasteiger partial charge in [0.15, 0.2) is 0 Å². The summed E-state index contributed by atoms with van der Waals surface area (Å²) in [5.41, 5.74) is 3.36. The number of carbonyl (C=O) groups is 1. The molecule has 0 unspecified atom stereocenters. The van der Waals surface area contributed by atoms with Crippen LogP contribution in [0.25, 0.3) is 0 Å². The van der Waals surface area contributed by atoms with Crippen molar-refractivity contribution < 1.29 is 4.79 Å². The SMILES string of the molecule is C=C(C)C(=O)NN1CCN(C)CC1. The largest absolute Gasteiger partial charge is 0.304 e. The first-order chi connectivity index (χ1) is 6.09. The van der Waals surface area contributed by atoms with Gasteiger partial charge in [-0.3, -0.25) is 10.2 Å². The molecule has 0 atom stereocenters. The van der Waals surface area contributed by atoms with Crippen molar-refractivity contribution in [1.29, 1.82) is 0 Å². The monoisotopic (exact) mass is 183 g/mol. The van der Waals surface area contributed by atoms with Crippen LogP contribution in [0.5, 0.6) is 0 Å². The fourth-order valence-corrected chi connectivity index (χ4v) is 1.16. The number of hydrogen-bond donors (Lipinski definition) is 1. The van der Waals surface area contributed by atoms with Crippen LogP contribution < -0.4 is 5.43 Å². The summed E-state index contributed by atoms with van der Waals surface area (Å²) >= 11 is 0. The standard InChI is InChI=1S/C9H17N3O/c1-8(2)9(13)10-12-6-4-11(3)5-7-12/h1,4-7H2,2-3H3,(H,10,13). The van der Waals surface area contributed by atoms with Gasteiger partial charge in [-0.15, -0.1) is 0 Å². The molecule has 1 aliphatic heterocycles. The molecule has 1 rings (SSSR count). The van der Waals surface area contributed by atoms with Gasteiger partial charge in [0.25, 0.3) is 5.91 Å². The Hall–Kier alpha value is -0.870. The predicted octanol–water partition coefficient (Wildman–Crippen LogP) is -0.159. The highest BCUT2D eigenvalue weighted by Gasteiger charge is 2.15. The normalized spacial score (nSPS) is 19.8. The molecule has 1 fully saturated rings. The molecule has 1 N–H and O–H groups in total. The lowest BCUT2D eigenvalue weighted by Gasteiger charge is -2.32. The van der Waals surface area contributed by atoms with Crippen LogP contribution in [0.2, 0.25) is 0 Å². The van der Waals surface area contributed by atoms with E-state index in [-0.39, 0.29) is 5.91 Å². The van der Waals surface area contributed by atoms with Crippen molar-refractivity contribution in [2.45, 2.75) is 6.92 Å². The zero-order chi connectivity index (χ0) is 9.84. The van der Waals surface area contributed by atoms with Crippen molar-refractivity contribution in [3.05, 3.63) is 12.2 Å². The van der Waals surface area contributed by atoms with Gasteiger partial charge in [-0.2, -0.15) is 0 Å². The Bertz CT molecular complexity index is 207. The second kappa shape index (κ2) is 4.39. The summed E-state index contributed by atoms with van der Waals surface area (Å²) in [7, 11) is 2.08. The maximum atomic E-state index is 11.2. The number of carbonyl (C=O) groups excluding carboxylic acids is 1. The van der Waals surface area contributed by atoms with Gasteiger partial charge < -0.3 is 4.90 Å². The molecule has 1 amide bonds. The fourth-order valence-electron chi connectivity index (χ4n) is 1.16. The molecule has 74 valence electrons. The van der Waals surface area contributed by atoms with Gasteiger partial charge in [-0.05, 0) is 14.0 Å². The van der Waals surface area contributed by atoms with E-state index in [0.717, 1.165) is 26.2 Å². The minimum atomic E-state index is -0.0791. The average Bonchev–Trinajstić information content (AvgIpc) is 2.08. The molecule has 0 saturated carbocycles. The van der Waals surface area contributed by atoms with Crippen molar-refractivity contribution >= 4 is 5.91 Å². The number of hydrogen-bond acceptors (Lipinski definition) is 3. The third-order valence-corrected chi connectivity index (χ3v) is 2.15. The van der Waals surface area contributed by atoms with Gasteiger partial charge in [-0.1, -0.05) is 6.58 Å². The van der Waals surface area contributed by atoms with Gasteiger partial charge >= 0.3 is 0 Å². The van der Waals surface area contributed by atoms with Gasteiger partial charge in [0.2, 0.25) is 0 Å². The Morgan fingerprint density at radius 2 is 1.85 bits per heavy atom. The summed E-state index contributed by atoms with van der Waals surface area (Å²) in [5, 5.41) is 1.94. The quantitative estimate of drug-likeness (QED) is 0.604. The van der Waals surface area contributed by atoms with Crippen molar-refractivity contribution in [2.24, 2.45) is 0 Å². The van der Waals surface area contributed by atoms with Crippen molar-refractivity contribution in [3.8, 4) is 0 Å². The first-order valence-corrected chi connectivity index (χ1v) is 4.49. The van der Waals surface area contributed by atoms with E-state index in [2.05, 4.69) is 24.0 Å². The minimum absolute atomic E-state index is 0.0791. The van der Waals surface area contributed by atoms with Crippen LogP contribution >= 0.6 is 0 Å². The van der Waals surface area contributed by atoms with Gasteiger partial charge in [0.1, 0.15) is 0 Å². The summed E-state index contributed by atoms with van der Waals surface area (Å²) in [4.78, 5) is 13.5. The molecule has 0 aromatic heterocycles. The van der Waals surface area contributed by atoms with Gasteiger partial charge in [0.05, 0.1) is 0 Å². The van der Waals surface area contributed by atoms with Crippen LogP contribution in [0, 0.1) is 0 Å². The number of amides is 1. The Kier molecular flexibility index (Phi) is 3.45. The Morgan fingerprint density at radius 3 is 2.31 bits per heavy atom. The third kappa shape index (κ3) is 3.16. The second-order valence-electron chi connectivity index (χ2n) is 3.51. The lowest BCUT2D eigenvalue weighted by Crippen LogP contribution is -2.52. The van der Waals surface area contributed by atoms with Crippen LogP contribution in [0.15, 0.2) is 12.2 Å². The molecular formula is C9H17N3O. The minimum Gasteiger partial charge on any atom is -0.304 e. The molecule has 0 radical (unpaired) electrons. The van der Waals surface area contributed by atoms with E-state index in [1.165, 1.54) is 0 Å². The zero-order valence-electron chi connectivity index (χ0n) is 8.34. The highest BCUT2D eigenvalue weighted by atomic mass is 16.2. The highest BCUT2D eigenvalue weighted by molar-refractivity contribution is 5.91. The van der Waals surface area contributed by atoms with Crippen LogP contribution in [0.1, 0.15) is 6.92 Å². The number of nitrogens with one attached hydrogen (secondary N) is 1. The van der Waals surface area contributed by atoms with E-state index in [0.29, 0.717) is 5.57 Å². The predicted molar refractivity (Wildman–Crippen MR) is 52.0 cm³/mol. The van der Waals surface area contributed by atoms with Crippen LogP contribution in [-0.2, 0) is 4.79 Å². The zero-order valence-corrected chi connectivity index (χ0v) is 8.34. The number of rotatable bonds is 2. The molecule has 1 saturated heterocycles. The van der Waals surface area contributed by atoms with E-state index >= 15 is 0 Å². The number of hydrazine groups is 1. The van der Waals surface area contributed by atoms with Gasteiger partial charge in [-0.25, -0.2) is 5.01 Å². The van der Waals surface area contributed by atoms with E-state index in [1.54, 1.807) is 6.92 Å². The second-order valence-corrected chi connectivity index (χ2v) is 3.51. The van der Waals surface area contributed by atoms with Crippen LogP contribution in [0.3, 0.4) is 0 Å². The summed E-state index contributed by atoms with van der Waals surface area (Å²) in [6.45, 7) is 9.06. The molecule has 1 aliphatic rings. The number of nitrogens with zero attached hydrogens (tertiary/aromatic N) is 2. The van der Waals surface area contributed by atoms with E-state index < -0.39 is 0 Å². The van der Waals surface area contributed by atoms with E-state index in [9.17, 15) is 4.79 Å². The van der Waals surface area contributed by atoms with E-state index in [4.69, 9.17) is 0 Å². The van der Waals surface area contributed by atoms with Gasteiger partial charge in [0, 0.05) is 31.8 Å². The maximum absolute atomic E-state index is 11.2. The molecule has 4 heteroatoms. The first kappa shape index (κ1) is 10.2. The molecule has 0 spiro atoms. The molecule has 0 aliphatic carbocycles. The van der Waals surface area contributed by atoms with Crippen LogP contribution in [-0.4, -0.2) is 49.0 Å². The molecule has 0 aromatic carbocycles. The average molecular weight is 183 g/mol. The Labute approximate surface area is 79.2 Å². The molecule has 0 bridgehead atoms. The fraction of sp³-hybridized carbons (Fsp3) is 0.667. The van der Waals surface area contributed by atoms with Crippen molar-refractivity contribution in [2.75, 3.05) is 33.2 Å². The molecular weight excluding hydrogens is 166 g/mol. The van der Waals surface area contributed by atoms with E-state index in [1.807, 2.05) is 5.01 Å². The summed E-state index contributed by atoms with van der Waals surface area (Å²) in [5.74, 6) is -0.0791. The third-order valence-electron chi connectivity index (χ3n) is 2.15. The van der Waals surface area contributed by atoms with Crippen molar-refractivity contribution in [3.63, 3.8) is 0 Å². The first-order valence-electron chi connectivity index (χ1n) is 4.49. The Balaban J connectivity index is 2.30. The molecule has 13 heavy (non-hydrogen) atoms. The molecule has 0 aromatic rings. The number of likely N-dealkylation sites (N-methyl/N-ethyl adjacent to an activating group) is 1. The molecule has 1 heterocycles. The lowest BCUT2D eigenvalue weighted by molar-refractivity contribution is -0.122.